The van der Waals surface area contributed by atoms with E-state index < -0.39 is 0 Å². The first-order valence-corrected chi connectivity index (χ1v) is 6.13. The Morgan fingerprint density at radius 1 is 1.12 bits per heavy atom. The molecule has 5 nitrogen and oxygen atoms in total. The highest BCUT2D eigenvalue weighted by Gasteiger charge is 2.17. The molecule has 0 aliphatic heterocycles. The topological polar surface area (TPSA) is 52.8 Å². The molecule has 0 heterocycles. The van der Waals surface area contributed by atoms with Crippen molar-refractivity contribution in [3.63, 3.8) is 0 Å². The van der Waals surface area contributed by atoms with E-state index in [9.17, 15) is 4.79 Å². The molecule has 0 aromatic heterocycles. The highest BCUT2D eigenvalue weighted by molar-refractivity contribution is 5.76. The lowest BCUT2D eigenvalue weighted by atomic mass is 10.1. The summed E-state index contributed by atoms with van der Waals surface area (Å²) in [6.07, 6.45) is 1.60. The summed E-state index contributed by atoms with van der Waals surface area (Å²) in [5.41, 5.74) is 5.73. The molecule has 1 amide bonds. The first-order chi connectivity index (χ1) is 7.88. The average Bonchev–Trinajstić information content (AvgIpc) is 2.24. The molecule has 0 saturated heterocycles. The van der Waals surface area contributed by atoms with Gasteiger partial charge < -0.3 is 20.4 Å². The van der Waals surface area contributed by atoms with Crippen molar-refractivity contribution in [2.75, 3.05) is 54.9 Å². The van der Waals surface area contributed by atoms with Gasteiger partial charge in [-0.25, -0.2) is 0 Å². The summed E-state index contributed by atoms with van der Waals surface area (Å²) in [7, 11) is 9.73. The molecular formula is C12H28N4O. The van der Waals surface area contributed by atoms with E-state index in [1.54, 1.807) is 19.0 Å². The summed E-state index contributed by atoms with van der Waals surface area (Å²) in [5, 5.41) is 0. The van der Waals surface area contributed by atoms with Crippen LogP contribution < -0.4 is 5.73 Å². The van der Waals surface area contributed by atoms with E-state index >= 15 is 0 Å². The Bertz CT molecular complexity index is 219. The zero-order valence-corrected chi connectivity index (χ0v) is 11.9. The first kappa shape index (κ1) is 16.4. The van der Waals surface area contributed by atoms with Crippen molar-refractivity contribution < 1.29 is 4.79 Å². The van der Waals surface area contributed by atoms with Crippen LogP contribution in [0.2, 0.25) is 0 Å². The van der Waals surface area contributed by atoms with Crippen LogP contribution in [0.25, 0.3) is 0 Å². The van der Waals surface area contributed by atoms with Crippen molar-refractivity contribution in [1.29, 1.82) is 0 Å². The Morgan fingerprint density at radius 2 is 1.71 bits per heavy atom. The zero-order chi connectivity index (χ0) is 13.4. The number of carbonyl (C=O) groups excluding carboxylic acids is 1. The Morgan fingerprint density at radius 3 is 2.12 bits per heavy atom. The third kappa shape index (κ3) is 7.31. The van der Waals surface area contributed by atoms with Gasteiger partial charge >= 0.3 is 0 Å². The van der Waals surface area contributed by atoms with Crippen LogP contribution in [-0.4, -0.2) is 81.5 Å². The van der Waals surface area contributed by atoms with Crippen LogP contribution in [0.3, 0.4) is 0 Å². The summed E-state index contributed by atoms with van der Waals surface area (Å²) in [6, 6.07) is 0.145. The Balaban J connectivity index is 4.03. The number of rotatable bonds is 8. The first-order valence-electron chi connectivity index (χ1n) is 6.13. The van der Waals surface area contributed by atoms with Crippen LogP contribution >= 0.6 is 0 Å². The maximum atomic E-state index is 11.6. The number of likely N-dealkylation sites (N-methyl/N-ethyl adjacent to an activating group) is 1. The fourth-order valence-corrected chi connectivity index (χ4v) is 1.62. The lowest BCUT2D eigenvalue weighted by Crippen LogP contribution is -2.42. The molecule has 0 rings (SSSR count). The second-order valence-corrected chi connectivity index (χ2v) is 5.02. The van der Waals surface area contributed by atoms with Gasteiger partial charge in [-0.15, -0.1) is 0 Å². The van der Waals surface area contributed by atoms with Crippen LogP contribution in [0.5, 0.6) is 0 Å². The van der Waals surface area contributed by atoms with Crippen LogP contribution in [0.4, 0.5) is 0 Å². The van der Waals surface area contributed by atoms with Crippen LogP contribution in [0.1, 0.15) is 12.8 Å². The fourth-order valence-electron chi connectivity index (χ4n) is 1.62. The van der Waals surface area contributed by atoms with Gasteiger partial charge in [0.2, 0.25) is 5.91 Å². The molecule has 0 aromatic carbocycles. The zero-order valence-electron chi connectivity index (χ0n) is 11.9. The molecule has 17 heavy (non-hydrogen) atoms. The fraction of sp³-hybridized carbons (Fsp3) is 0.917. The molecule has 0 radical (unpaired) electrons. The quantitative estimate of drug-likeness (QED) is 0.635. The molecule has 1 atom stereocenters. The summed E-state index contributed by atoms with van der Waals surface area (Å²) in [5.74, 6) is 0.139. The smallest absolute Gasteiger partial charge is 0.223 e. The third-order valence-corrected chi connectivity index (χ3v) is 2.92. The SMILES string of the molecule is CN(C)CCCN(C)C(CN)CC(=O)N(C)C. The van der Waals surface area contributed by atoms with Crippen LogP contribution in [-0.2, 0) is 4.79 Å². The van der Waals surface area contributed by atoms with Crippen molar-refractivity contribution in [2.24, 2.45) is 5.73 Å². The second-order valence-electron chi connectivity index (χ2n) is 5.02. The van der Waals surface area contributed by atoms with E-state index in [1.165, 1.54) is 0 Å². The molecule has 2 N–H and O–H groups in total. The van der Waals surface area contributed by atoms with Gasteiger partial charge in [-0.3, -0.25) is 4.79 Å². The van der Waals surface area contributed by atoms with Crippen molar-refractivity contribution in [3.8, 4) is 0 Å². The van der Waals surface area contributed by atoms with Gasteiger partial charge in [0.25, 0.3) is 0 Å². The molecule has 0 aliphatic carbocycles. The monoisotopic (exact) mass is 244 g/mol. The van der Waals surface area contributed by atoms with E-state index in [4.69, 9.17) is 5.73 Å². The molecule has 0 aliphatic rings. The van der Waals surface area contributed by atoms with Gasteiger partial charge in [-0.2, -0.15) is 0 Å². The lowest BCUT2D eigenvalue weighted by molar-refractivity contribution is -0.129. The number of carbonyl (C=O) groups is 1. The van der Waals surface area contributed by atoms with Gasteiger partial charge in [0, 0.05) is 33.1 Å². The predicted molar refractivity (Wildman–Crippen MR) is 72.0 cm³/mol. The summed E-state index contributed by atoms with van der Waals surface area (Å²) < 4.78 is 0. The van der Waals surface area contributed by atoms with Gasteiger partial charge in [-0.1, -0.05) is 0 Å². The largest absolute Gasteiger partial charge is 0.349 e. The molecular weight excluding hydrogens is 216 g/mol. The van der Waals surface area contributed by atoms with Crippen LogP contribution in [0, 0.1) is 0 Å². The predicted octanol–water partition coefficient (Wildman–Crippen LogP) is -0.324. The number of hydrogen-bond acceptors (Lipinski definition) is 4. The number of hydrogen-bond donors (Lipinski definition) is 1. The number of nitrogens with two attached hydrogens (primary N) is 1. The minimum Gasteiger partial charge on any atom is -0.349 e. The van der Waals surface area contributed by atoms with Crippen molar-refractivity contribution in [1.82, 2.24) is 14.7 Å². The number of amides is 1. The van der Waals surface area contributed by atoms with Crippen molar-refractivity contribution in [3.05, 3.63) is 0 Å². The summed E-state index contributed by atoms with van der Waals surface area (Å²) in [6.45, 7) is 2.56. The molecule has 0 bridgehead atoms. The highest BCUT2D eigenvalue weighted by Crippen LogP contribution is 2.03. The highest BCUT2D eigenvalue weighted by atomic mass is 16.2. The molecule has 0 fully saturated rings. The van der Waals surface area contributed by atoms with E-state index in [0.717, 1.165) is 19.5 Å². The van der Waals surface area contributed by atoms with Crippen molar-refractivity contribution >= 4 is 5.91 Å². The Kier molecular flexibility index (Phi) is 8.12. The molecule has 1 unspecified atom stereocenters. The van der Waals surface area contributed by atoms with E-state index in [1.807, 2.05) is 7.05 Å². The molecule has 0 saturated carbocycles. The minimum absolute atomic E-state index is 0.139. The van der Waals surface area contributed by atoms with E-state index in [-0.39, 0.29) is 11.9 Å². The number of nitrogens with zero attached hydrogens (tertiary/aromatic N) is 3. The molecule has 0 aromatic rings. The normalized spacial score (nSPS) is 13.2. The van der Waals surface area contributed by atoms with Gasteiger partial charge in [0.15, 0.2) is 0 Å². The Hall–Kier alpha value is -0.650. The maximum absolute atomic E-state index is 11.6. The minimum atomic E-state index is 0.139. The Labute approximate surface area is 106 Å². The molecule has 5 heteroatoms. The van der Waals surface area contributed by atoms with Gasteiger partial charge in [0.05, 0.1) is 0 Å². The van der Waals surface area contributed by atoms with Crippen LogP contribution in [0.15, 0.2) is 0 Å². The van der Waals surface area contributed by atoms with Crippen molar-refractivity contribution in [2.45, 2.75) is 18.9 Å². The van der Waals surface area contributed by atoms with Gasteiger partial charge in [-0.05, 0) is 40.7 Å². The maximum Gasteiger partial charge on any atom is 0.223 e. The molecule has 102 valence electrons. The average molecular weight is 244 g/mol. The van der Waals surface area contributed by atoms with Gasteiger partial charge in [0.1, 0.15) is 0 Å². The third-order valence-electron chi connectivity index (χ3n) is 2.92. The van der Waals surface area contributed by atoms with E-state index in [2.05, 4.69) is 23.9 Å². The standard InChI is InChI=1S/C12H28N4O/c1-14(2)7-6-8-16(5)11(10-13)9-12(17)15(3)4/h11H,6-10,13H2,1-5H3. The van der Waals surface area contributed by atoms with E-state index in [0.29, 0.717) is 13.0 Å². The summed E-state index contributed by atoms with van der Waals surface area (Å²) in [4.78, 5) is 17.6. The molecule has 0 spiro atoms. The summed E-state index contributed by atoms with van der Waals surface area (Å²) >= 11 is 0. The lowest BCUT2D eigenvalue weighted by Gasteiger charge is -2.27. The second kappa shape index (κ2) is 8.44.